The highest BCUT2D eigenvalue weighted by Crippen LogP contribution is 2.18. The minimum Gasteiger partial charge on any atom is -0.374 e. The Bertz CT molecular complexity index is 622. The van der Waals surface area contributed by atoms with Crippen LogP contribution in [0.3, 0.4) is 0 Å². The maximum Gasteiger partial charge on any atom is 0.158 e. The zero-order chi connectivity index (χ0) is 14.4. The molecule has 0 saturated carbocycles. The van der Waals surface area contributed by atoms with E-state index < -0.39 is 0 Å². The number of nitrogens with zero attached hydrogens (tertiary/aromatic N) is 3. The predicted octanol–water partition coefficient (Wildman–Crippen LogP) is 3.28. The van der Waals surface area contributed by atoms with Gasteiger partial charge in [0.25, 0.3) is 0 Å². The highest BCUT2D eigenvalue weighted by atomic mass is 35.5. The van der Waals surface area contributed by atoms with E-state index in [1.807, 2.05) is 6.92 Å². The van der Waals surface area contributed by atoms with Crippen LogP contribution in [0.25, 0.3) is 0 Å². The molecule has 20 heavy (non-hydrogen) atoms. The summed E-state index contributed by atoms with van der Waals surface area (Å²) in [5, 5.41) is 12.2. The molecular weight excluding hydrogens is 276 g/mol. The van der Waals surface area contributed by atoms with E-state index in [9.17, 15) is 0 Å². The molecule has 0 saturated heterocycles. The zero-order valence-electron chi connectivity index (χ0n) is 10.9. The van der Waals surface area contributed by atoms with Gasteiger partial charge in [-0.15, -0.1) is 0 Å². The third-order valence-electron chi connectivity index (χ3n) is 2.46. The summed E-state index contributed by atoms with van der Waals surface area (Å²) in [6, 6.07) is 10.8. The van der Waals surface area contributed by atoms with Crippen LogP contribution in [0.4, 0.5) is 11.5 Å². The Labute approximate surface area is 122 Å². The molecule has 1 aromatic carbocycles. The maximum atomic E-state index is 8.75. The van der Waals surface area contributed by atoms with Gasteiger partial charge in [0.2, 0.25) is 0 Å². The summed E-state index contributed by atoms with van der Waals surface area (Å²) >= 11 is 5.95. The number of rotatable bonds is 5. The molecule has 0 unspecified atom stereocenters. The van der Waals surface area contributed by atoms with Gasteiger partial charge in [0, 0.05) is 18.4 Å². The fourth-order valence-corrected chi connectivity index (χ4v) is 1.76. The summed E-state index contributed by atoms with van der Waals surface area (Å²) < 4.78 is 5.26. The molecule has 0 amide bonds. The van der Waals surface area contributed by atoms with Gasteiger partial charge in [-0.2, -0.15) is 5.26 Å². The van der Waals surface area contributed by atoms with Crippen molar-refractivity contribution in [2.45, 2.75) is 13.5 Å². The Balaban J connectivity index is 2.15. The number of halogens is 1. The third kappa shape index (κ3) is 3.92. The minimum absolute atomic E-state index is 0.319. The van der Waals surface area contributed by atoms with Crippen molar-refractivity contribution in [3.63, 3.8) is 0 Å². The summed E-state index contributed by atoms with van der Waals surface area (Å²) in [4.78, 5) is 8.40. The van der Waals surface area contributed by atoms with Gasteiger partial charge < -0.3 is 10.1 Å². The minimum atomic E-state index is 0.319. The monoisotopic (exact) mass is 288 g/mol. The van der Waals surface area contributed by atoms with E-state index in [0.717, 1.165) is 5.69 Å². The normalized spacial score (nSPS) is 10.1. The Kier molecular flexibility index (Phi) is 4.88. The summed E-state index contributed by atoms with van der Waals surface area (Å²) in [5.41, 5.74) is 1.43. The summed E-state index contributed by atoms with van der Waals surface area (Å²) in [5.74, 6) is 1.11. The smallest absolute Gasteiger partial charge is 0.158 e. The van der Waals surface area contributed by atoms with E-state index in [1.165, 1.54) is 0 Å². The molecule has 5 nitrogen and oxygen atoms in total. The van der Waals surface area contributed by atoms with Crippen molar-refractivity contribution in [3.8, 4) is 6.07 Å². The molecule has 0 aliphatic carbocycles. The fourth-order valence-electron chi connectivity index (χ4n) is 1.56. The predicted molar refractivity (Wildman–Crippen MR) is 76.8 cm³/mol. The molecule has 1 N–H and O–H groups in total. The quantitative estimate of drug-likeness (QED) is 0.855. The second kappa shape index (κ2) is 6.85. The van der Waals surface area contributed by atoms with Gasteiger partial charge in [-0.3, -0.25) is 0 Å². The van der Waals surface area contributed by atoms with Gasteiger partial charge in [-0.25, -0.2) is 9.97 Å². The van der Waals surface area contributed by atoms with Crippen molar-refractivity contribution in [2.24, 2.45) is 0 Å². The van der Waals surface area contributed by atoms with Gasteiger partial charge in [0.05, 0.1) is 11.6 Å². The second-order valence-electron chi connectivity index (χ2n) is 3.94. The number of aromatic nitrogens is 2. The van der Waals surface area contributed by atoms with Crippen molar-refractivity contribution in [1.82, 2.24) is 9.97 Å². The SMILES string of the molecule is CCOCc1nc(Cl)cc(Nc2ccc(C#N)cc2)n1. The average Bonchev–Trinajstić information content (AvgIpc) is 2.45. The van der Waals surface area contributed by atoms with Crippen molar-refractivity contribution < 1.29 is 4.74 Å². The van der Waals surface area contributed by atoms with Crippen LogP contribution in [0, 0.1) is 11.3 Å². The Morgan fingerprint density at radius 1 is 1.30 bits per heavy atom. The Morgan fingerprint density at radius 2 is 2.05 bits per heavy atom. The van der Waals surface area contributed by atoms with E-state index in [1.54, 1.807) is 30.3 Å². The van der Waals surface area contributed by atoms with Crippen LogP contribution in [0.1, 0.15) is 18.3 Å². The standard InChI is InChI=1S/C14H13ClN4O/c1-2-20-9-14-18-12(15)7-13(19-14)17-11-5-3-10(8-16)4-6-11/h3-7H,2,9H2,1H3,(H,17,18,19). The number of nitriles is 1. The van der Waals surface area contributed by atoms with E-state index in [2.05, 4.69) is 21.4 Å². The molecule has 0 aliphatic heterocycles. The molecule has 102 valence electrons. The molecule has 0 spiro atoms. The Hall–Kier alpha value is -2.16. The summed E-state index contributed by atoms with van der Waals surface area (Å²) in [6.45, 7) is 2.81. The van der Waals surface area contributed by atoms with E-state index in [0.29, 0.717) is 35.6 Å². The van der Waals surface area contributed by atoms with Crippen LogP contribution in [0.2, 0.25) is 5.15 Å². The summed E-state index contributed by atoms with van der Waals surface area (Å²) in [7, 11) is 0. The Morgan fingerprint density at radius 3 is 2.70 bits per heavy atom. The molecule has 1 heterocycles. The largest absolute Gasteiger partial charge is 0.374 e. The number of ether oxygens (including phenoxy) is 1. The molecule has 2 rings (SSSR count). The number of benzene rings is 1. The van der Waals surface area contributed by atoms with Crippen LogP contribution in [-0.2, 0) is 11.3 Å². The molecule has 0 radical (unpaired) electrons. The van der Waals surface area contributed by atoms with Gasteiger partial charge in [0.1, 0.15) is 17.6 Å². The second-order valence-corrected chi connectivity index (χ2v) is 4.33. The van der Waals surface area contributed by atoms with Crippen molar-refractivity contribution >= 4 is 23.1 Å². The fraction of sp³-hybridized carbons (Fsp3) is 0.214. The lowest BCUT2D eigenvalue weighted by atomic mass is 10.2. The van der Waals surface area contributed by atoms with E-state index >= 15 is 0 Å². The topological polar surface area (TPSA) is 70.8 Å². The molecule has 2 aromatic rings. The molecule has 0 aliphatic rings. The van der Waals surface area contributed by atoms with E-state index in [-0.39, 0.29) is 0 Å². The molecular formula is C14H13ClN4O. The maximum absolute atomic E-state index is 8.75. The zero-order valence-corrected chi connectivity index (χ0v) is 11.7. The van der Waals surface area contributed by atoms with Crippen molar-refractivity contribution in [2.75, 3.05) is 11.9 Å². The lowest BCUT2D eigenvalue weighted by Crippen LogP contribution is -2.02. The van der Waals surface area contributed by atoms with Crippen molar-refractivity contribution in [1.29, 1.82) is 5.26 Å². The first kappa shape index (κ1) is 14.3. The lowest BCUT2D eigenvalue weighted by Gasteiger charge is -2.08. The first-order valence-corrected chi connectivity index (χ1v) is 6.47. The van der Waals surface area contributed by atoms with Gasteiger partial charge in [-0.05, 0) is 31.2 Å². The number of hydrogen-bond acceptors (Lipinski definition) is 5. The third-order valence-corrected chi connectivity index (χ3v) is 2.66. The molecule has 0 atom stereocenters. The van der Waals surface area contributed by atoms with Crippen LogP contribution in [0.5, 0.6) is 0 Å². The van der Waals surface area contributed by atoms with E-state index in [4.69, 9.17) is 21.6 Å². The molecule has 1 aromatic heterocycles. The highest BCUT2D eigenvalue weighted by Gasteiger charge is 2.04. The highest BCUT2D eigenvalue weighted by molar-refractivity contribution is 6.29. The number of hydrogen-bond donors (Lipinski definition) is 1. The summed E-state index contributed by atoms with van der Waals surface area (Å²) in [6.07, 6.45) is 0. The lowest BCUT2D eigenvalue weighted by molar-refractivity contribution is 0.128. The first-order chi connectivity index (χ1) is 9.71. The molecule has 6 heteroatoms. The van der Waals surface area contributed by atoms with Crippen LogP contribution in [-0.4, -0.2) is 16.6 Å². The van der Waals surface area contributed by atoms with Crippen LogP contribution < -0.4 is 5.32 Å². The van der Waals surface area contributed by atoms with Crippen molar-refractivity contribution in [3.05, 3.63) is 46.9 Å². The first-order valence-electron chi connectivity index (χ1n) is 6.09. The average molecular weight is 289 g/mol. The van der Waals surface area contributed by atoms with Crippen LogP contribution in [0.15, 0.2) is 30.3 Å². The van der Waals surface area contributed by atoms with Crippen LogP contribution >= 0.6 is 11.6 Å². The molecule has 0 bridgehead atoms. The van der Waals surface area contributed by atoms with Gasteiger partial charge in [0.15, 0.2) is 5.82 Å². The molecule has 0 fully saturated rings. The number of nitrogens with one attached hydrogen (secondary N) is 1. The van der Waals surface area contributed by atoms with Gasteiger partial charge >= 0.3 is 0 Å². The number of anilines is 2. The van der Waals surface area contributed by atoms with Gasteiger partial charge in [-0.1, -0.05) is 11.6 Å².